The molecule has 2 aromatic rings. The van der Waals surface area contributed by atoms with Gasteiger partial charge in [-0.3, -0.25) is 4.40 Å². The van der Waals surface area contributed by atoms with Crippen molar-refractivity contribution in [3.63, 3.8) is 0 Å². The fourth-order valence-electron chi connectivity index (χ4n) is 1.64. The molecule has 0 spiro atoms. The van der Waals surface area contributed by atoms with Gasteiger partial charge in [0.25, 0.3) is 0 Å². The Morgan fingerprint density at radius 2 is 2.11 bits per heavy atom. The van der Waals surface area contributed by atoms with Gasteiger partial charge in [-0.2, -0.15) is 13.2 Å². The second-order valence-electron chi connectivity index (χ2n) is 3.72. The lowest BCUT2D eigenvalue weighted by atomic mass is 10.1. The van der Waals surface area contributed by atoms with Gasteiger partial charge in [-0.1, -0.05) is 23.4 Å². The zero-order valence-corrected chi connectivity index (χ0v) is 10.3. The van der Waals surface area contributed by atoms with Gasteiger partial charge in [0.05, 0.1) is 11.8 Å². The first-order chi connectivity index (χ1) is 8.93. The van der Waals surface area contributed by atoms with Crippen LogP contribution < -0.4 is 0 Å². The highest BCUT2D eigenvalue weighted by atomic mass is 35.5. The van der Waals surface area contributed by atoms with Crippen LogP contribution in [0.3, 0.4) is 0 Å². The highest BCUT2D eigenvalue weighted by Crippen LogP contribution is 2.33. The van der Waals surface area contributed by atoms with Crippen LogP contribution in [0.15, 0.2) is 18.5 Å². The Morgan fingerprint density at radius 3 is 2.74 bits per heavy atom. The Hall–Kier alpha value is -1.71. The van der Waals surface area contributed by atoms with Crippen molar-refractivity contribution in [1.82, 2.24) is 9.38 Å². The average Bonchev–Trinajstić information content (AvgIpc) is 2.70. The smallest absolute Gasteiger partial charge is 0.384 e. The van der Waals surface area contributed by atoms with E-state index in [4.69, 9.17) is 16.7 Å². The number of hydrogen-bond donors (Lipinski definition) is 1. The summed E-state index contributed by atoms with van der Waals surface area (Å²) in [5.41, 5.74) is -0.750. The molecule has 0 saturated carbocycles. The number of fused-ring (bicyclic) bond motifs is 1. The highest BCUT2D eigenvalue weighted by Gasteiger charge is 2.34. The number of rotatable bonds is 1. The zero-order chi connectivity index (χ0) is 14.0. The summed E-state index contributed by atoms with van der Waals surface area (Å²) < 4.78 is 39.9. The number of imidazole rings is 1. The van der Waals surface area contributed by atoms with Crippen molar-refractivity contribution in [2.24, 2.45) is 0 Å². The highest BCUT2D eigenvalue weighted by molar-refractivity contribution is 6.29. The summed E-state index contributed by atoms with van der Waals surface area (Å²) in [5, 5.41) is 8.62. The number of pyridine rings is 1. The van der Waals surface area contributed by atoms with E-state index in [1.54, 1.807) is 0 Å². The molecule has 0 radical (unpaired) electrons. The van der Waals surface area contributed by atoms with Crippen LogP contribution in [0.2, 0.25) is 5.15 Å². The van der Waals surface area contributed by atoms with Crippen LogP contribution in [0, 0.1) is 11.8 Å². The van der Waals surface area contributed by atoms with Gasteiger partial charge < -0.3 is 5.11 Å². The van der Waals surface area contributed by atoms with E-state index in [1.165, 1.54) is 10.6 Å². The average molecular weight is 289 g/mol. The Kier molecular flexibility index (Phi) is 3.69. The molecule has 2 heterocycles. The molecule has 0 atom stereocenters. The van der Waals surface area contributed by atoms with Crippen molar-refractivity contribution in [3.05, 3.63) is 34.7 Å². The van der Waals surface area contributed by atoms with Gasteiger partial charge in [-0.15, -0.1) is 0 Å². The number of alkyl halides is 3. The van der Waals surface area contributed by atoms with E-state index in [9.17, 15) is 13.2 Å². The topological polar surface area (TPSA) is 37.5 Å². The SMILES string of the molecule is OCC#CCc1cc(C(F)(F)F)c2ncc(Cl)n2c1. The van der Waals surface area contributed by atoms with Gasteiger partial charge >= 0.3 is 6.18 Å². The third-order valence-electron chi connectivity index (χ3n) is 2.42. The van der Waals surface area contributed by atoms with E-state index in [2.05, 4.69) is 16.8 Å². The number of hydrogen-bond acceptors (Lipinski definition) is 2. The van der Waals surface area contributed by atoms with Crippen LogP contribution in [-0.2, 0) is 12.6 Å². The van der Waals surface area contributed by atoms with Crippen molar-refractivity contribution in [3.8, 4) is 11.8 Å². The molecule has 0 unspecified atom stereocenters. The lowest BCUT2D eigenvalue weighted by Gasteiger charge is -2.10. The quantitative estimate of drug-likeness (QED) is 0.819. The van der Waals surface area contributed by atoms with Gasteiger partial charge in [-0.05, 0) is 11.6 Å². The number of aliphatic hydroxyl groups is 1. The normalized spacial score (nSPS) is 11.4. The minimum atomic E-state index is -4.52. The van der Waals surface area contributed by atoms with Crippen LogP contribution in [0.25, 0.3) is 5.65 Å². The number of aliphatic hydroxyl groups excluding tert-OH is 1. The van der Waals surface area contributed by atoms with Crippen molar-refractivity contribution in [2.75, 3.05) is 6.61 Å². The number of aromatic nitrogens is 2. The third-order valence-corrected chi connectivity index (χ3v) is 2.70. The summed E-state index contributed by atoms with van der Waals surface area (Å²) >= 11 is 5.79. The maximum absolute atomic E-state index is 12.9. The Bertz CT molecular complexity index is 667. The van der Waals surface area contributed by atoms with E-state index in [0.717, 1.165) is 12.3 Å². The van der Waals surface area contributed by atoms with Crippen LogP contribution in [0.5, 0.6) is 0 Å². The fourth-order valence-corrected chi connectivity index (χ4v) is 1.82. The molecule has 0 aromatic carbocycles. The van der Waals surface area contributed by atoms with Crippen LogP contribution >= 0.6 is 11.6 Å². The number of halogens is 4. The van der Waals surface area contributed by atoms with E-state index in [1.807, 2.05) is 0 Å². The minimum Gasteiger partial charge on any atom is -0.384 e. The molecule has 0 aliphatic rings. The maximum atomic E-state index is 12.9. The second-order valence-corrected chi connectivity index (χ2v) is 4.11. The molecule has 0 bridgehead atoms. The molecule has 0 amide bonds. The largest absolute Gasteiger partial charge is 0.419 e. The lowest BCUT2D eigenvalue weighted by molar-refractivity contribution is -0.136. The summed E-state index contributed by atoms with van der Waals surface area (Å²) in [4.78, 5) is 3.66. The van der Waals surface area contributed by atoms with Crippen molar-refractivity contribution < 1.29 is 18.3 Å². The maximum Gasteiger partial charge on any atom is 0.419 e. The van der Waals surface area contributed by atoms with Crippen molar-refractivity contribution in [2.45, 2.75) is 12.6 Å². The predicted octanol–water partition coefficient (Wildman–Crippen LogP) is 2.54. The van der Waals surface area contributed by atoms with E-state index in [0.29, 0.717) is 5.56 Å². The molecule has 0 fully saturated rings. The molecule has 3 nitrogen and oxygen atoms in total. The van der Waals surface area contributed by atoms with Gasteiger partial charge in [0.15, 0.2) is 0 Å². The molecular formula is C12H8ClF3N2O. The predicted molar refractivity (Wildman–Crippen MR) is 63.8 cm³/mol. The Labute approximate surface area is 111 Å². The van der Waals surface area contributed by atoms with Crippen LogP contribution in [0.1, 0.15) is 11.1 Å². The van der Waals surface area contributed by atoms with Crippen molar-refractivity contribution >= 4 is 17.2 Å². The molecule has 0 aliphatic heterocycles. The molecule has 100 valence electrons. The summed E-state index contributed by atoms with van der Waals surface area (Å²) in [5.74, 6) is 4.94. The monoisotopic (exact) mass is 288 g/mol. The summed E-state index contributed by atoms with van der Waals surface area (Å²) in [6, 6.07) is 0.991. The van der Waals surface area contributed by atoms with Crippen LogP contribution in [-0.4, -0.2) is 21.1 Å². The first kappa shape index (κ1) is 13.7. The first-order valence-electron chi connectivity index (χ1n) is 5.22. The van der Waals surface area contributed by atoms with E-state index in [-0.39, 0.29) is 23.8 Å². The second kappa shape index (κ2) is 5.11. The molecular weight excluding hydrogens is 281 g/mol. The molecule has 2 aromatic heterocycles. The summed E-state index contributed by atoms with van der Waals surface area (Å²) in [6.45, 7) is -0.333. The fraction of sp³-hybridized carbons (Fsp3) is 0.250. The van der Waals surface area contributed by atoms with Gasteiger partial charge in [0.1, 0.15) is 17.4 Å². The van der Waals surface area contributed by atoms with E-state index >= 15 is 0 Å². The summed E-state index contributed by atoms with van der Waals surface area (Å²) in [6.07, 6.45) is -1.81. The van der Waals surface area contributed by atoms with Crippen LogP contribution in [0.4, 0.5) is 13.2 Å². The molecule has 1 N–H and O–H groups in total. The molecule has 0 saturated heterocycles. The van der Waals surface area contributed by atoms with Gasteiger partial charge in [0.2, 0.25) is 0 Å². The van der Waals surface area contributed by atoms with Gasteiger partial charge in [-0.25, -0.2) is 4.98 Å². The zero-order valence-electron chi connectivity index (χ0n) is 9.50. The minimum absolute atomic E-state index is 0.0914. The van der Waals surface area contributed by atoms with Gasteiger partial charge in [0, 0.05) is 12.6 Å². The molecule has 0 aliphatic carbocycles. The first-order valence-corrected chi connectivity index (χ1v) is 5.60. The van der Waals surface area contributed by atoms with Crippen molar-refractivity contribution in [1.29, 1.82) is 0 Å². The lowest BCUT2D eigenvalue weighted by Crippen LogP contribution is -2.09. The Balaban J connectivity index is 2.58. The summed E-state index contributed by atoms with van der Waals surface area (Å²) in [7, 11) is 0. The number of nitrogens with zero attached hydrogens (tertiary/aromatic N) is 2. The molecule has 2 rings (SSSR count). The third kappa shape index (κ3) is 2.83. The molecule has 19 heavy (non-hydrogen) atoms. The standard InChI is InChI=1S/C12H8ClF3N2O/c13-10-6-17-11-9(12(14,15)16)5-8(7-18(10)11)3-1-2-4-19/h5-7,19H,3-4H2. The van der Waals surface area contributed by atoms with E-state index < -0.39 is 11.7 Å². The molecule has 7 heteroatoms. The Morgan fingerprint density at radius 1 is 1.37 bits per heavy atom.